The molecule has 100 valence electrons. The van der Waals surface area contributed by atoms with Crippen LogP contribution in [0.15, 0.2) is 0 Å². The van der Waals surface area contributed by atoms with Crippen molar-refractivity contribution in [3.05, 3.63) is 0 Å². The minimum Gasteiger partial charge on any atom is -0.330 e. The summed E-state index contributed by atoms with van der Waals surface area (Å²) >= 11 is 0. The van der Waals surface area contributed by atoms with Gasteiger partial charge in [0, 0.05) is 12.1 Å². The Hall–Kier alpha value is -0.120. The van der Waals surface area contributed by atoms with Gasteiger partial charge in [0.25, 0.3) is 0 Å². The molecule has 2 aliphatic rings. The van der Waals surface area contributed by atoms with E-state index in [9.17, 15) is 0 Å². The highest BCUT2D eigenvalue weighted by molar-refractivity contribution is 4.89. The molecule has 3 N–H and O–H groups in total. The molecule has 3 heteroatoms. The molecular weight excluding hydrogens is 210 g/mol. The molecule has 0 amide bonds. The van der Waals surface area contributed by atoms with Gasteiger partial charge in [-0.1, -0.05) is 13.8 Å². The highest BCUT2D eigenvalue weighted by Gasteiger charge is 2.31. The molecule has 0 aromatic carbocycles. The molecule has 1 atom stereocenters. The fourth-order valence-corrected chi connectivity index (χ4v) is 2.82. The van der Waals surface area contributed by atoms with Gasteiger partial charge in [0.15, 0.2) is 0 Å². The van der Waals surface area contributed by atoms with Gasteiger partial charge in [-0.3, -0.25) is 0 Å². The lowest BCUT2D eigenvalue weighted by Crippen LogP contribution is -2.45. The summed E-state index contributed by atoms with van der Waals surface area (Å²) in [7, 11) is 0. The molecular formula is C14H29N3. The van der Waals surface area contributed by atoms with Gasteiger partial charge in [-0.15, -0.1) is 0 Å². The van der Waals surface area contributed by atoms with Crippen molar-refractivity contribution in [3.8, 4) is 0 Å². The minimum absolute atomic E-state index is 0.636. The lowest BCUT2D eigenvalue weighted by Gasteiger charge is -2.33. The number of nitrogens with zero attached hydrogens (tertiary/aromatic N) is 1. The molecule has 1 saturated heterocycles. The maximum absolute atomic E-state index is 5.81. The highest BCUT2D eigenvalue weighted by atomic mass is 15.2. The molecule has 17 heavy (non-hydrogen) atoms. The number of nitrogens with one attached hydrogen (secondary N) is 1. The quantitative estimate of drug-likeness (QED) is 0.737. The normalized spacial score (nSPS) is 25.4. The van der Waals surface area contributed by atoms with Crippen molar-refractivity contribution in [1.29, 1.82) is 0 Å². The van der Waals surface area contributed by atoms with Crippen molar-refractivity contribution < 1.29 is 0 Å². The standard InChI is InChI=1S/C14H29N3/c1-11(2)12(9-15)10-16-13-5-7-17(8-6-13)14-3-4-14/h11-14,16H,3-10,15H2,1-2H3. The molecule has 1 aliphatic carbocycles. The number of likely N-dealkylation sites (tertiary alicyclic amines) is 1. The Morgan fingerprint density at radius 1 is 1.18 bits per heavy atom. The SMILES string of the molecule is CC(C)C(CN)CNC1CCN(C2CC2)CC1. The Balaban J connectivity index is 1.63. The second-order valence-corrected chi connectivity index (χ2v) is 6.19. The molecule has 0 aromatic heterocycles. The summed E-state index contributed by atoms with van der Waals surface area (Å²) in [5, 5.41) is 3.73. The molecule has 2 fully saturated rings. The van der Waals surface area contributed by atoms with Gasteiger partial charge in [-0.2, -0.15) is 0 Å². The van der Waals surface area contributed by atoms with Gasteiger partial charge in [0.1, 0.15) is 0 Å². The van der Waals surface area contributed by atoms with E-state index in [2.05, 4.69) is 24.1 Å². The van der Waals surface area contributed by atoms with Gasteiger partial charge in [0.2, 0.25) is 0 Å². The van der Waals surface area contributed by atoms with Gasteiger partial charge in [0.05, 0.1) is 0 Å². The average Bonchev–Trinajstić information content (AvgIpc) is 3.14. The van der Waals surface area contributed by atoms with Crippen LogP contribution in [0, 0.1) is 11.8 Å². The second kappa shape index (κ2) is 6.17. The predicted octanol–water partition coefficient (Wildman–Crippen LogP) is 1.43. The highest BCUT2D eigenvalue weighted by Crippen LogP contribution is 2.29. The Morgan fingerprint density at radius 2 is 1.82 bits per heavy atom. The summed E-state index contributed by atoms with van der Waals surface area (Å²) in [6, 6.07) is 1.68. The first-order valence-electron chi connectivity index (χ1n) is 7.38. The maximum atomic E-state index is 5.81. The summed E-state index contributed by atoms with van der Waals surface area (Å²) in [5.74, 6) is 1.33. The van der Waals surface area contributed by atoms with Crippen LogP contribution < -0.4 is 11.1 Å². The Morgan fingerprint density at radius 3 is 2.29 bits per heavy atom. The van der Waals surface area contributed by atoms with Crippen molar-refractivity contribution >= 4 is 0 Å². The maximum Gasteiger partial charge on any atom is 0.00964 e. The first-order chi connectivity index (χ1) is 8.20. The predicted molar refractivity (Wildman–Crippen MR) is 73.0 cm³/mol. The summed E-state index contributed by atoms with van der Waals surface area (Å²) in [4.78, 5) is 2.68. The molecule has 0 aromatic rings. The van der Waals surface area contributed by atoms with Crippen LogP contribution in [0.3, 0.4) is 0 Å². The van der Waals surface area contributed by atoms with Crippen LogP contribution in [0.4, 0.5) is 0 Å². The van der Waals surface area contributed by atoms with Crippen LogP contribution in [0.2, 0.25) is 0 Å². The molecule has 1 aliphatic heterocycles. The van der Waals surface area contributed by atoms with Crippen LogP contribution >= 0.6 is 0 Å². The third-order valence-corrected chi connectivity index (χ3v) is 4.51. The van der Waals surface area contributed by atoms with Gasteiger partial charge < -0.3 is 16.0 Å². The fourth-order valence-electron chi connectivity index (χ4n) is 2.82. The zero-order chi connectivity index (χ0) is 12.3. The van der Waals surface area contributed by atoms with Crippen LogP contribution in [-0.4, -0.2) is 43.2 Å². The molecule has 0 bridgehead atoms. The first kappa shape index (κ1) is 13.3. The summed E-state index contributed by atoms with van der Waals surface area (Å²) < 4.78 is 0. The molecule has 0 spiro atoms. The molecule has 1 unspecified atom stereocenters. The monoisotopic (exact) mass is 239 g/mol. The number of piperidine rings is 1. The van der Waals surface area contributed by atoms with Crippen LogP contribution in [0.5, 0.6) is 0 Å². The fraction of sp³-hybridized carbons (Fsp3) is 1.00. The van der Waals surface area contributed by atoms with E-state index in [1.54, 1.807) is 0 Å². The van der Waals surface area contributed by atoms with Gasteiger partial charge in [-0.05, 0) is 63.7 Å². The van der Waals surface area contributed by atoms with E-state index in [-0.39, 0.29) is 0 Å². The second-order valence-electron chi connectivity index (χ2n) is 6.19. The number of nitrogens with two attached hydrogens (primary N) is 1. The van der Waals surface area contributed by atoms with Gasteiger partial charge in [-0.25, -0.2) is 0 Å². The largest absolute Gasteiger partial charge is 0.330 e. The molecule has 3 nitrogen and oxygen atoms in total. The van der Waals surface area contributed by atoms with E-state index < -0.39 is 0 Å². The van der Waals surface area contributed by atoms with Crippen molar-refractivity contribution in [2.45, 2.75) is 51.6 Å². The molecule has 1 saturated carbocycles. The number of hydrogen-bond donors (Lipinski definition) is 2. The van der Waals surface area contributed by atoms with Crippen molar-refractivity contribution in [2.75, 3.05) is 26.2 Å². The number of rotatable bonds is 6. The van der Waals surface area contributed by atoms with E-state index in [0.717, 1.165) is 25.2 Å². The lowest BCUT2D eigenvalue weighted by molar-refractivity contribution is 0.184. The topological polar surface area (TPSA) is 41.3 Å². The average molecular weight is 239 g/mol. The molecule has 0 radical (unpaired) electrons. The lowest BCUT2D eigenvalue weighted by atomic mass is 9.95. The van der Waals surface area contributed by atoms with E-state index in [4.69, 9.17) is 5.73 Å². The zero-order valence-electron chi connectivity index (χ0n) is 11.5. The Bertz CT molecular complexity index is 218. The minimum atomic E-state index is 0.636. The van der Waals surface area contributed by atoms with Crippen LogP contribution in [0.25, 0.3) is 0 Å². The third-order valence-electron chi connectivity index (χ3n) is 4.51. The molecule has 1 heterocycles. The smallest absolute Gasteiger partial charge is 0.00964 e. The number of hydrogen-bond acceptors (Lipinski definition) is 3. The van der Waals surface area contributed by atoms with E-state index in [1.165, 1.54) is 38.8 Å². The summed E-state index contributed by atoms with van der Waals surface area (Å²) in [6.45, 7) is 9.06. The Labute approximate surface area is 106 Å². The Kier molecular flexibility index (Phi) is 4.83. The van der Waals surface area contributed by atoms with E-state index in [0.29, 0.717) is 11.8 Å². The summed E-state index contributed by atoms with van der Waals surface area (Å²) in [5.41, 5.74) is 5.81. The van der Waals surface area contributed by atoms with Crippen LogP contribution in [0.1, 0.15) is 39.5 Å². The molecule has 2 rings (SSSR count). The zero-order valence-corrected chi connectivity index (χ0v) is 11.5. The van der Waals surface area contributed by atoms with Gasteiger partial charge >= 0.3 is 0 Å². The van der Waals surface area contributed by atoms with Crippen molar-refractivity contribution in [2.24, 2.45) is 17.6 Å². The third kappa shape index (κ3) is 3.94. The summed E-state index contributed by atoms with van der Waals surface area (Å²) in [6.07, 6.45) is 5.54. The van der Waals surface area contributed by atoms with Crippen molar-refractivity contribution in [3.63, 3.8) is 0 Å². The van der Waals surface area contributed by atoms with E-state index >= 15 is 0 Å². The van der Waals surface area contributed by atoms with Crippen LogP contribution in [-0.2, 0) is 0 Å². The first-order valence-corrected chi connectivity index (χ1v) is 7.38. The van der Waals surface area contributed by atoms with E-state index in [1.807, 2.05) is 0 Å². The van der Waals surface area contributed by atoms with Crippen molar-refractivity contribution in [1.82, 2.24) is 10.2 Å².